The molecule has 2 amide bonds. The zero-order valence-corrected chi connectivity index (χ0v) is 19.2. The second-order valence-corrected chi connectivity index (χ2v) is 10.8. The second kappa shape index (κ2) is 9.58. The lowest BCUT2D eigenvalue weighted by Crippen LogP contribution is -2.37. The summed E-state index contributed by atoms with van der Waals surface area (Å²) >= 11 is 0. The SMILES string of the molecule is CC(=O)NC[C@H]1CN(c2cc(F)c(N3CCP(=O)(Oc4ccc(F)cc4)CC3)c(F)c2)C(=O)O1. The molecule has 34 heavy (non-hydrogen) atoms. The third-order valence-electron chi connectivity index (χ3n) is 5.59. The summed E-state index contributed by atoms with van der Waals surface area (Å²) in [5.41, 5.74) is -0.282. The molecule has 4 rings (SSSR count). The molecular weight excluding hydrogens is 474 g/mol. The fourth-order valence-corrected chi connectivity index (χ4v) is 5.88. The van der Waals surface area contributed by atoms with Crippen molar-refractivity contribution in [2.24, 2.45) is 0 Å². The number of ether oxygens (including phenoxy) is 1. The zero-order valence-electron chi connectivity index (χ0n) is 18.3. The molecule has 2 fully saturated rings. The number of anilines is 2. The molecule has 2 saturated heterocycles. The Labute approximate surface area is 194 Å². The molecule has 0 spiro atoms. The van der Waals surface area contributed by atoms with Gasteiger partial charge in [-0.3, -0.25) is 14.3 Å². The van der Waals surface area contributed by atoms with E-state index in [0.717, 1.165) is 17.0 Å². The minimum atomic E-state index is -3.10. The summed E-state index contributed by atoms with van der Waals surface area (Å²) < 4.78 is 66.7. The fraction of sp³-hybridized carbons (Fsp3) is 0.364. The largest absolute Gasteiger partial charge is 0.443 e. The molecule has 12 heteroatoms. The van der Waals surface area contributed by atoms with Crippen molar-refractivity contribution in [3.05, 3.63) is 53.8 Å². The van der Waals surface area contributed by atoms with Crippen LogP contribution in [-0.4, -0.2) is 56.6 Å². The number of cyclic esters (lactones) is 1. The Balaban J connectivity index is 1.43. The highest BCUT2D eigenvalue weighted by atomic mass is 31.2. The minimum Gasteiger partial charge on any atom is -0.443 e. The Hall–Kier alpha value is -3.20. The standard InChI is InChI=1S/C22H23F3N3O5P/c1-14(29)26-12-18-13-28(22(30)32-18)16-10-19(24)21(20(25)11-16)27-6-8-34(31,9-7-27)33-17-4-2-15(23)3-5-17/h2-5,10-11,18H,6-9,12-13H2,1H3,(H,26,29)/t18-/m0/s1. The van der Waals surface area contributed by atoms with E-state index in [1.54, 1.807) is 0 Å². The van der Waals surface area contributed by atoms with Gasteiger partial charge in [-0.1, -0.05) is 0 Å². The van der Waals surface area contributed by atoms with Crippen LogP contribution in [0.5, 0.6) is 5.75 Å². The van der Waals surface area contributed by atoms with E-state index in [2.05, 4.69) is 5.32 Å². The molecule has 0 unspecified atom stereocenters. The van der Waals surface area contributed by atoms with E-state index in [1.165, 1.54) is 36.1 Å². The maximum absolute atomic E-state index is 15.0. The lowest BCUT2D eigenvalue weighted by molar-refractivity contribution is -0.119. The number of hydrogen-bond donors (Lipinski definition) is 1. The van der Waals surface area contributed by atoms with Crippen molar-refractivity contribution in [1.82, 2.24) is 5.32 Å². The van der Waals surface area contributed by atoms with Gasteiger partial charge in [0, 0.05) is 32.1 Å². The van der Waals surface area contributed by atoms with Crippen LogP contribution in [0.4, 0.5) is 29.3 Å². The first-order valence-corrected chi connectivity index (χ1v) is 12.6. The van der Waals surface area contributed by atoms with Crippen LogP contribution in [0.2, 0.25) is 0 Å². The van der Waals surface area contributed by atoms with Crippen LogP contribution in [0, 0.1) is 17.5 Å². The lowest BCUT2D eigenvalue weighted by atomic mass is 10.2. The van der Waals surface area contributed by atoms with Gasteiger partial charge in [0.2, 0.25) is 5.91 Å². The highest BCUT2D eigenvalue weighted by Crippen LogP contribution is 2.49. The zero-order chi connectivity index (χ0) is 24.5. The summed E-state index contributed by atoms with van der Waals surface area (Å²) in [6.07, 6.45) is -1.28. The molecule has 2 aliphatic rings. The first-order chi connectivity index (χ1) is 16.1. The summed E-state index contributed by atoms with van der Waals surface area (Å²) in [5.74, 6) is -2.20. The van der Waals surface area contributed by atoms with Crippen LogP contribution in [0.1, 0.15) is 6.92 Å². The van der Waals surface area contributed by atoms with E-state index in [-0.39, 0.29) is 61.5 Å². The third kappa shape index (κ3) is 5.30. The molecule has 2 aromatic carbocycles. The average Bonchev–Trinajstić information content (AvgIpc) is 3.15. The highest BCUT2D eigenvalue weighted by molar-refractivity contribution is 7.59. The van der Waals surface area contributed by atoms with Gasteiger partial charge in [-0.05, 0) is 24.3 Å². The van der Waals surface area contributed by atoms with Crippen LogP contribution in [0.15, 0.2) is 36.4 Å². The minimum absolute atomic E-state index is 0.00333. The van der Waals surface area contributed by atoms with Gasteiger partial charge in [-0.15, -0.1) is 0 Å². The summed E-state index contributed by atoms with van der Waals surface area (Å²) in [5, 5.41) is 2.53. The van der Waals surface area contributed by atoms with E-state index in [9.17, 15) is 27.3 Å². The van der Waals surface area contributed by atoms with E-state index < -0.39 is 37.0 Å². The van der Waals surface area contributed by atoms with E-state index in [0.29, 0.717) is 0 Å². The van der Waals surface area contributed by atoms with Gasteiger partial charge in [0.05, 0.1) is 31.1 Å². The summed E-state index contributed by atoms with van der Waals surface area (Å²) in [6.45, 7) is 1.64. The molecule has 2 aromatic rings. The molecule has 0 bridgehead atoms. The van der Waals surface area contributed by atoms with Crippen LogP contribution in [0.3, 0.4) is 0 Å². The Morgan fingerprint density at radius 2 is 1.76 bits per heavy atom. The number of hydrogen-bond acceptors (Lipinski definition) is 6. The molecule has 0 aliphatic carbocycles. The Morgan fingerprint density at radius 3 is 2.35 bits per heavy atom. The molecule has 2 aliphatic heterocycles. The molecule has 1 N–H and O–H groups in total. The maximum atomic E-state index is 15.0. The van der Waals surface area contributed by atoms with Crippen LogP contribution < -0.4 is 19.6 Å². The van der Waals surface area contributed by atoms with Crippen molar-refractivity contribution >= 4 is 30.7 Å². The quantitative estimate of drug-likeness (QED) is 0.612. The van der Waals surface area contributed by atoms with Gasteiger partial charge in [0.25, 0.3) is 7.37 Å². The number of benzene rings is 2. The van der Waals surface area contributed by atoms with E-state index in [1.807, 2.05) is 0 Å². The second-order valence-electron chi connectivity index (χ2n) is 8.11. The number of halogens is 3. The van der Waals surface area contributed by atoms with Crippen LogP contribution >= 0.6 is 7.37 Å². The smallest absolute Gasteiger partial charge is 0.414 e. The van der Waals surface area contributed by atoms with Crippen molar-refractivity contribution in [3.63, 3.8) is 0 Å². The predicted molar refractivity (Wildman–Crippen MR) is 119 cm³/mol. The monoisotopic (exact) mass is 497 g/mol. The van der Waals surface area contributed by atoms with Gasteiger partial charge in [-0.2, -0.15) is 0 Å². The maximum Gasteiger partial charge on any atom is 0.414 e. The van der Waals surface area contributed by atoms with E-state index in [4.69, 9.17) is 9.26 Å². The number of rotatable bonds is 6. The predicted octanol–water partition coefficient (Wildman–Crippen LogP) is 3.74. The summed E-state index contributed by atoms with van der Waals surface area (Å²) in [4.78, 5) is 25.7. The van der Waals surface area contributed by atoms with Crippen LogP contribution in [-0.2, 0) is 14.1 Å². The molecule has 0 aromatic heterocycles. The van der Waals surface area contributed by atoms with Crippen LogP contribution in [0.25, 0.3) is 0 Å². The Kier molecular flexibility index (Phi) is 6.74. The Bertz CT molecular complexity index is 1110. The van der Waals surface area contributed by atoms with Crippen molar-refractivity contribution in [1.29, 1.82) is 0 Å². The number of amides is 2. The average molecular weight is 497 g/mol. The molecule has 0 radical (unpaired) electrons. The molecular formula is C22H23F3N3O5P. The van der Waals surface area contributed by atoms with E-state index >= 15 is 0 Å². The molecule has 8 nitrogen and oxygen atoms in total. The van der Waals surface area contributed by atoms with Crippen molar-refractivity contribution in [2.45, 2.75) is 13.0 Å². The fourth-order valence-electron chi connectivity index (χ4n) is 3.88. The molecule has 2 heterocycles. The van der Waals surface area contributed by atoms with Gasteiger partial charge in [-0.25, -0.2) is 18.0 Å². The number of carbonyl (C=O) groups excluding carboxylic acids is 2. The topological polar surface area (TPSA) is 88.2 Å². The molecule has 182 valence electrons. The molecule has 1 atom stereocenters. The van der Waals surface area contributed by atoms with Crippen molar-refractivity contribution in [2.75, 3.05) is 48.3 Å². The summed E-state index contributed by atoms with van der Waals surface area (Å²) in [7, 11) is -3.10. The normalized spacial score (nSPS) is 19.6. The Morgan fingerprint density at radius 1 is 1.15 bits per heavy atom. The van der Waals surface area contributed by atoms with Gasteiger partial charge >= 0.3 is 6.09 Å². The number of nitrogens with zero attached hydrogens (tertiary/aromatic N) is 2. The molecule has 0 saturated carbocycles. The summed E-state index contributed by atoms with van der Waals surface area (Å²) in [6, 6.07) is 7.24. The first-order valence-electron chi connectivity index (χ1n) is 10.6. The van der Waals surface area contributed by atoms with Gasteiger partial charge in [0.1, 0.15) is 23.4 Å². The number of carbonyl (C=O) groups is 2. The lowest BCUT2D eigenvalue weighted by Gasteiger charge is -2.34. The third-order valence-corrected chi connectivity index (χ3v) is 7.90. The number of nitrogens with one attached hydrogen (secondary N) is 1. The van der Waals surface area contributed by atoms with Gasteiger partial charge in [0.15, 0.2) is 11.6 Å². The first kappa shape index (κ1) is 23.9. The van der Waals surface area contributed by atoms with Crippen molar-refractivity contribution in [3.8, 4) is 5.75 Å². The van der Waals surface area contributed by atoms with Gasteiger partial charge < -0.3 is 19.5 Å². The van der Waals surface area contributed by atoms with Crippen molar-refractivity contribution < 1.29 is 36.6 Å². The highest BCUT2D eigenvalue weighted by Gasteiger charge is 2.36.